The topological polar surface area (TPSA) is 95.9 Å². The summed E-state index contributed by atoms with van der Waals surface area (Å²) in [5.74, 6) is -0.124. The molecule has 0 fully saturated rings. The zero-order valence-corrected chi connectivity index (χ0v) is 17.7. The van der Waals surface area contributed by atoms with Crippen LogP contribution in [0.2, 0.25) is 0 Å². The van der Waals surface area contributed by atoms with Gasteiger partial charge in [-0.15, -0.1) is 11.8 Å². The number of rotatable bonds is 11. The second-order valence-corrected chi connectivity index (χ2v) is 7.38. The molecule has 0 amide bonds. The summed E-state index contributed by atoms with van der Waals surface area (Å²) >= 11 is 1.82. The standard InChI is InChI=1S/C18H23NOS.C4H6O4/c1-3-21-18-12-8-7-11-17(18)20-16(13-14-19-2)15-9-5-4-6-10-15;5-3(6)1-2-4(7)8/h4-12,16,19H,3,13-14H2,1-2H3;1-2H2,(H,5,6)(H,7,8). The van der Waals surface area contributed by atoms with Crippen molar-refractivity contribution in [1.29, 1.82) is 0 Å². The van der Waals surface area contributed by atoms with E-state index in [-0.39, 0.29) is 18.9 Å². The Labute approximate surface area is 176 Å². The predicted octanol–water partition coefficient (Wildman–Crippen LogP) is 4.46. The fraction of sp³-hybridized carbons (Fsp3) is 0.364. The predicted molar refractivity (Wildman–Crippen MR) is 116 cm³/mol. The van der Waals surface area contributed by atoms with Crippen molar-refractivity contribution in [3.05, 3.63) is 60.2 Å². The number of hydrogen-bond acceptors (Lipinski definition) is 5. The molecule has 158 valence electrons. The molecule has 0 aliphatic heterocycles. The normalized spacial score (nSPS) is 11.1. The Balaban J connectivity index is 0.000000447. The van der Waals surface area contributed by atoms with Crippen LogP contribution in [-0.4, -0.2) is 41.5 Å². The minimum absolute atomic E-state index is 0.0808. The zero-order valence-electron chi connectivity index (χ0n) is 16.8. The molecular formula is C22H29NO5S. The van der Waals surface area contributed by atoms with Crippen molar-refractivity contribution >= 4 is 23.7 Å². The van der Waals surface area contributed by atoms with Crippen LogP contribution >= 0.6 is 11.8 Å². The lowest BCUT2D eigenvalue weighted by Gasteiger charge is -2.21. The van der Waals surface area contributed by atoms with Gasteiger partial charge in [0.25, 0.3) is 0 Å². The second-order valence-electron chi connectivity index (χ2n) is 6.08. The van der Waals surface area contributed by atoms with Crippen LogP contribution in [0.4, 0.5) is 0 Å². The van der Waals surface area contributed by atoms with E-state index in [9.17, 15) is 9.59 Å². The van der Waals surface area contributed by atoms with E-state index in [1.54, 1.807) is 0 Å². The van der Waals surface area contributed by atoms with Gasteiger partial charge in [0.15, 0.2) is 0 Å². The fourth-order valence-corrected chi connectivity index (χ4v) is 3.17. The molecule has 2 rings (SSSR count). The van der Waals surface area contributed by atoms with E-state index in [2.05, 4.69) is 54.7 Å². The van der Waals surface area contributed by atoms with Crippen LogP contribution in [0.1, 0.15) is 37.9 Å². The van der Waals surface area contributed by atoms with Crippen molar-refractivity contribution in [2.75, 3.05) is 19.3 Å². The van der Waals surface area contributed by atoms with Crippen molar-refractivity contribution in [1.82, 2.24) is 5.32 Å². The number of ether oxygens (including phenoxy) is 1. The smallest absolute Gasteiger partial charge is 0.303 e. The number of para-hydroxylation sites is 1. The van der Waals surface area contributed by atoms with Crippen molar-refractivity contribution in [2.24, 2.45) is 0 Å². The van der Waals surface area contributed by atoms with Crippen LogP contribution in [0.15, 0.2) is 59.5 Å². The van der Waals surface area contributed by atoms with Gasteiger partial charge in [0.05, 0.1) is 12.8 Å². The van der Waals surface area contributed by atoms with Crippen LogP contribution in [-0.2, 0) is 9.59 Å². The molecule has 1 unspecified atom stereocenters. The lowest BCUT2D eigenvalue weighted by Crippen LogP contribution is -2.16. The molecular weight excluding hydrogens is 390 g/mol. The summed E-state index contributed by atoms with van der Waals surface area (Å²) < 4.78 is 6.33. The zero-order chi connectivity index (χ0) is 21.5. The Bertz CT molecular complexity index is 725. The second kappa shape index (κ2) is 14.5. The molecule has 7 heteroatoms. The Hall–Kier alpha value is -2.51. The summed E-state index contributed by atoms with van der Waals surface area (Å²) in [4.78, 5) is 20.5. The number of carbonyl (C=O) groups is 2. The third-order valence-corrected chi connectivity index (χ3v) is 4.74. The first-order chi connectivity index (χ1) is 14.0. The first kappa shape index (κ1) is 24.5. The van der Waals surface area contributed by atoms with Crippen LogP contribution in [0, 0.1) is 0 Å². The van der Waals surface area contributed by atoms with Crippen LogP contribution in [0.5, 0.6) is 5.75 Å². The summed E-state index contributed by atoms with van der Waals surface area (Å²) in [6.45, 7) is 3.10. The highest BCUT2D eigenvalue weighted by Gasteiger charge is 2.14. The van der Waals surface area contributed by atoms with Crippen molar-refractivity contribution < 1.29 is 24.5 Å². The minimum atomic E-state index is -1.08. The first-order valence-corrected chi connectivity index (χ1v) is 10.5. The molecule has 0 aromatic heterocycles. The quantitative estimate of drug-likeness (QED) is 0.463. The Morgan fingerprint density at radius 2 is 1.59 bits per heavy atom. The number of thioether (sulfide) groups is 1. The molecule has 0 bridgehead atoms. The van der Waals surface area contributed by atoms with Gasteiger partial charge < -0.3 is 20.3 Å². The van der Waals surface area contributed by atoms with Crippen LogP contribution in [0.25, 0.3) is 0 Å². The van der Waals surface area contributed by atoms with Gasteiger partial charge in [-0.3, -0.25) is 9.59 Å². The monoisotopic (exact) mass is 419 g/mol. The number of hydrogen-bond donors (Lipinski definition) is 3. The molecule has 1 atom stereocenters. The van der Waals surface area contributed by atoms with E-state index >= 15 is 0 Å². The molecule has 2 aromatic rings. The summed E-state index contributed by atoms with van der Waals surface area (Å²) in [7, 11) is 1.98. The maximum absolute atomic E-state index is 9.64. The summed E-state index contributed by atoms with van der Waals surface area (Å²) in [6.07, 6.45) is 0.438. The molecule has 6 nitrogen and oxygen atoms in total. The average molecular weight is 420 g/mol. The largest absolute Gasteiger partial charge is 0.485 e. The SMILES string of the molecule is CCSc1ccccc1OC(CCNC)c1ccccc1.O=C(O)CCC(=O)O. The third-order valence-electron chi connectivity index (χ3n) is 3.80. The average Bonchev–Trinajstić information content (AvgIpc) is 2.72. The molecule has 0 spiro atoms. The molecule has 0 saturated carbocycles. The number of carboxylic acids is 2. The van der Waals surface area contributed by atoms with E-state index in [0.29, 0.717) is 0 Å². The molecule has 29 heavy (non-hydrogen) atoms. The van der Waals surface area contributed by atoms with Gasteiger partial charge in [0, 0.05) is 11.3 Å². The van der Waals surface area contributed by atoms with E-state index in [1.165, 1.54) is 10.5 Å². The Morgan fingerprint density at radius 3 is 2.14 bits per heavy atom. The highest BCUT2D eigenvalue weighted by atomic mass is 32.2. The number of nitrogens with one attached hydrogen (secondary N) is 1. The van der Waals surface area contributed by atoms with Crippen LogP contribution < -0.4 is 10.1 Å². The maximum atomic E-state index is 9.64. The number of benzene rings is 2. The van der Waals surface area contributed by atoms with Gasteiger partial charge >= 0.3 is 11.9 Å². The fourth-order valence-electron chi connectivity index (χ4n) is 2.43. The summed E-state index contributed by atoms with van der Waals surface area (Å²) in [5.41, 5.74) is 1.23. The maximum Gasteiger partial charge on any atom is 0.303 e. The van der Waals surface area contributed by atoms with Crippen LogP contribution in [0.3, 0.4) is 0 Å². The van der Waals surface area contributed by atoms with Gasteiger partial charge in [-0.1, -0.05) is 49.4 Å². The molecule has 0 heterocycles. The number of carboxylic acid groups (broad SMARTS) is 2. The van der Waals surface area contributed by atoms with Gasteiger partial charge in [-0.05, 0) is 37.0 Å². The molecule has 0 aliphatic carbocycles. The molecule has 0 aliphatic rings. The Morgan fingerprint density at radius 1 is 1.00 bits per heavy atom. The van der Waals surface area contributed by atoms with Crippen molar-refractivity contribution in [3.8, 4) is 5.75 Å². The highest BCUT2D eigenvalue weighted by Crippen LogP contribution is 2.33. The van der Waals surface area contributed by atoms with Crippen molar-refractivity contribution in [3.63, 3.8) is 0 Å². The van der Waals surface area contributed by atoms with E-state index in [1.807, 2.05) is 30.9 Å². The molecule has 3 N–H and O–H groups in total. The van der Waals surface area contributed by atoms with E-state index < -0.39 is 11.9 Å². The first-order valence-electron chi connectivity index (χ1n) is 9.49. The van der Waals surface area contributed by atoms with E-state index in [0.717, 1.165) is 24.5 Å². The lowest BCUT2D eigenvalue weighted by molar-refractivity contribution is -0.143. The van der Waals surface area contributed by atoms with Gasteiger partial charge in [-0.25, -0.2) is 0 Å². The van der Waals surface area contributed by atoms with E-state index in [4.69, 9.17) is 14.9 Å². The van der Waals surface area contributed by atoms with Crippen molar-refractivity contribution in [2.45, 2.75) is 37.2 Å². The summed E-state index contributed by atoms with van der Waals surface area (Å²) in [6, 6.07) is 18.7. The summed E-state index contributed by atoms with van der Waals surface area (Å²) in [5, 5.41) is 19.0. The van der Waals surface area contributed by atoms with Gasteiger partial charge in [-0.2, -0.15) is 0 Å². The number of aliphatic carboxylic acids is 2. The minimum Gasteiger partial charge on any atom is -0.485 e. The molecule has 2 aromatic carbocycles. The molecule has 0 radical (unpaired) electrons. The van der Waals surface area contributed by atoms with Gasteiger partial charge in [0.2, 0.25) is 0 Å². The molecule has 0 saturated heterocycles. The Kier molecular flexibility index (Phi) is 12.2. The highest BCUT2D eigenvalue weighted by molar-refractivity contribution is 7.99. The van der Waals surface area contributed by atoms with Gasteiger partial charge in [0.1, 0.15) is 11.9 Å². The lowest BCUT2D eigenvalue weighted by atomic mass is 10.1. The third kappa shape index (κ3) is 10.6.